The maximum absolute atomic E-state index is 13.6. The van der Waals surface area contributed by atoms with E-state index in [0.29, 0.717) is 0 Å². The molecule has 0 spiro atoms. The zero-order valence-electron chi connectivity index (χ0n) is 9.83. The summed E-state index contributed by atoms with van der Waals surface area (Å²) in [4.78, 5) is 11.1. The molecule has 0 aliphatic carbocycles. The highest BCUT2D eigenvalue weighted by atomic mass is 79.9. The monoisotopic (exact) mass is 361 g/mol. The second-order valence-electron chi connectivity index (χ2n) is 3.52. The van der Waals surface area contributed by atoms with Gasteiger partial charge in [0.1, 0.15) is 11.9 Å². The van der Waals surface area contributed by atoms with E-state index in [0.717, 1.165) is 12.1 Å². The van der Waals surface area contributed by atoms with E-state index in [1.807, 2.05) is 0 Å². The second kappa shape index (κ2) is 7.12. The Morgan fingerprint density at radius 2 is 2.05 bits per heavy atom. The smallest absolute Gasteiger partial charge is 0.379 e. The summed E-state index contributed by atoms with van der Waals surface area (Å²) in [6, 6.07) is 1.20. The summed E-state index contributed by atoms with van der Waals surface area (Å²) < 4.78 is 44.8. The fraction of sp³-hybridized carbons (Fsp3) is 0.364. The van der Waals surface area contributed by atoms with E-state index in [1.165, 1.54) is 13.0 Å². The zero-order chi connectivity index (χ0) is 13.9. The Labute approximate surface area is 122 Å². The predicted octanol–water partition coefficient (Wildman–Crippen LogP) is 3.21. The fourth-order valence-electron chi connectivity index (χ4n) is 1.32. The van der Waals surface area contributed by atoms with Gasteiger partial charge in [-0.2, -0.15) is 8.78 Å². The van der Waals surface area contributed by atoms with Crippen LogP contribution in [-0.2, 0) is 9.53 Å². The summed E-state index contributed by atoms with van der Waals surface area (Å²) in [5.74, 6) is -6.36. The maximum Gasteiger partial charge on any atom is 0.379 e. The van der Waals surface area contributed by atoms with Crippen molar-refractivity contribution < 1.29 is 22.7 Å². The molecular weight excluding hydrogens is 350 g/mol. The first-order valence-electron chi connectivity index (χ1n) is 5.05. The largest absolute Gasteiger partial charge is 0.462 e. The third-order valence-electron chi connectivity index (χ3n) is 2.18. The number of ether oxygens (including phenoxy) is 1. The fourth-order valence-corrected chi connectivity index (χ4v) is 1.80. The van der Waals surface area contributed by atoms with Crippen LogP contribution in [0, 0.1) is 5.82 Å². The normalized spacial score (nSPS) is 12.5. The quantitative estimate of drug-likeness (QED) is 0.837. The lowest BCUT2D eigenvalue weighted by atomic mass is 10.0. The molecular formula is C11H12BrClF3NO2. The van der Waals surface area contributed by atoms with Crippen molar-refractivity contribution in [3.63, 3.8) is 0 Å². The molecule has 0 amide bonds. The lowest BCUT2D eigenvalue weighted by molar-refractivity contribution is -0.174. The summed E-state index contributed by atoms with van der Waals surface area (Å²) in [7, 11) is 0. The molecule has 0 aliphatic heterocycles. The highest BCUT2D eigenvalue weighted by Crippen LogP contribution is 2.32. The minimum Gasteiger partial charge on any atom is -0.462 e. The molecule has 8 heteroatoms. The van der Waals surface area contributed by atoms with Gasteiger partial charge in [-0.15, -0.1) is 12.4 Å². The van der Waals surface area contributed by atoms with Crippen molar-refractivity contribution in [2.75, 3.05) is 6.61 Å². The molecule has 0 unspecified atom stereocenters. The molecule has 19 heavy (non-hydrogen) atoms. The first kappa shape index (κ1) is 18.2. The van der Waals surface area contributed by atoms with Gasteiger partial charge in [-0.25, -0.2) is 9.18 Å². The number of nitrogens with two attached hydrogens (primary N) is 1. The lowest BCUT2D eigenvalue weighted by Crippen LogP contribution is -2.41. The lowest BCUT2D eigenvalue weighted by Gasteiger charge is -2.22. The first-order chi connectivity index (χ1) is 8.28. The van der Waals surface area contributed by atoms with Crippen molar-refractivity contribution in [1.82, 2.24) is 0 Å². The van der Waals surface area contributed by atoms with E-state index in [4.69, 9.17) is 5.73 Å². The van der Waals surface area contributed by atoms with Gasteiger partial charge in [0.15, 0.2) is 0 Å². The standard InChI is InChI=1S/C11H11BrF3NO2.ClH/c1-2-18-10(17)11(14,15)9(16)6-3-7(12)5-8(13)4-6;/h3-5,9H,2,16H2,1H3;1H/t9-;/m1./s1. The predicted molar refractivity (Wildman–Crippen MR) is 69.9 cm³/mol. The Bertz CT molecular complexity index is 439. The van der Waals surface area contributed by atoms with E-state index in [9.17, 15) is 18.0 Å². The summed E-state index contributed by atoms with van der Waals surface area (Å²) in [5, 5.41) is 0. The van der Waals surface area contributed by atoms with Crippen LogP contribution in [0.5, 0.6) is 0 Å². The van der Waals surface area contributed by atoms with Crippen molar-refractivity contribution in [3.05, 3.63) is 34.1 Å². The van der Waals surface area contributed by atoms with Crippen LogP contribution >= 0.6 is 28.3 Å². The number of carbonyl (C=O) groups is 1. The van der Waals surface area contributed by atoms with Gasteiger partial charge in [0.2, 0.25) is 0 Å². The van der Waals surface area contributed by atoms with Crippen LogP contribution in [0.4, 0.5) is 13.2 Å². The molecule has 1 atom stereocenters. The number of carbonyl (C=O) groups excluding carboxylic acids is 1. The van der Waals surface area contributed by atoms with E-state index in [-0.39, 0.29) is 29.1 Å². The van der Waals surface area contributed by atoms with Gasteiger partial charge in [-0.3, -0.25) is 0 Å². The molecule has 108 valence electrons. The van der Waals surface area contributed by atoms with Gasteiger partial charge >= 0.3 is 11.9 Å². The number of benzene rings is 1. The van der Waals surface area contributed by atoms with Crippen LogP contribution in [0.2, 0.25) is 0 Å². The maximum atomic E-state index is 13.6. The molecule has 3 nitrogen and oxygen atoms in total. The molecule has 0 saturated carbocycles. The Balaban J connectivity index is 0.00000324. The van der Waals surface area contributed by atoms with Gasteiger partial charge in [0.05, 0.1) is 6.61 Å². The minimum absolute atomic E-state index is 0. The first-order valence-corrected chi connectivity index (χ1v) is 5.85. The average molecular weight is 363 g/mol. The number of halogens is 5. The summed E-state index contributed by atoms with van der Waals surface area (Å²) in [6.45, 7) is 1.21. The van der Waals surface area contributed by atoms with Crippen molar-refractivity contribution in [2.45, 2.75) is 18.9 Å². The van der Waals surface area contributed by atoms with E-state index >= 15 is 0 Å². The van der Waals surface area contributed by atoms with Crippen LogP contribution in [0.3, 0.4) is 0 Å². The molecule has 0 fully saturated rings. The Morgan fingerprint density at radius 1 is 1.47 bits per heavy atom. The highest BCUT2D eigenvalue weighted by Gasteiger charge is 2.47. The van der Waals surface area contributed by atoms with Crippen LogP contribution in [-0.4, -0.2) is 18.5 Å². The third-order valence-corrected chi connectivity index (χ3v) is 2.64. The Hall–Kier alpha value is -0.790. The van der Waals surface area contributed by atoms with E-state index in [2.05, 4.69) is 20.7 Å². The van der Waals surface area contributed by atoms with Crippen molar-refractivity contribution in [1.29, 1.82) is 0 Å². The summed E-state index contributed by atoms with van der Waals surface area (Å²) in [6.07, 6.45) is 0. The van der Waals surface area contributed by atoms with Crippen molar-refractivity contribution in [2.24, 2.45) is 5.73 Å². The topological polar surface area (TPSA) is 52.3 Å². The van der Waals surface area contributed by atoms with Crippen molar-refractivity contribution in [3.8, 4) is 0 Å². The molecule has 1 aromatic carbocycles. The van der Waals surface area contributed by atoms with E-state index < -0.39 is 23.8 Å². The number of hydrogen-bond acceptors (Lipinski definition) is 3. The molecule has 0 aliphatic rings. The summed E-state index contributed by atoms with van der Waals surface area (Å²) in [5.41, 5.74) is 5.11. The molecule has 0 heterocycles. The van der Waals surface area contributed by atoms with Gasteiger partial charge in [-0.05, 0) is 30.7 Å². The number of hydrogen-bond donors (Lipinski definition) is 1. The van der Waals surface area contributed by atoms with Gasteiger partial charge in [0, 0.05) is 4.47 Å². The second-order valence-corrected chi connectivity index (χ2v) is 4.44. The van der Waals surface area contributed by atoms with Gasteiger partial charge in [-0.1, -0.05) is 15.9 Å². The molecule has 0 radical (unpaired) electrons. The average Bonchev–Trinajstić information content (AvgIpc) is 2.26. The number of rotatable bonds is 4. The number of esters is 1. The zero-order valence-corrected chi connectivity index (χ0v) is 12.2. The van der Waals surface area contributed by atoms with Gasteiger partial charge < -0.3 is 10.5 Å². The molecule has 1 rings (SSSR count). The van der Waals surface area contributed by atoms with Crippen molar-refractivity contribution >= 4 is 34.3 Å². The molecule has 1 aromatic rings. The van der Waals surface area contributed by atoms with Crippen LogP contribution in [0.25, 0.3) is 0 Å². The van der Waals surface area contributed by atoms with E-state index in [1.54, 1.807) is 0 Å². The van der Waals surface area contributed by atoms with Crippen LogP contribution < -0.4 is 5.73 Å². The highest BCUT2D eigenvalue weighted by molar-refractivity contribution is 9.10. The minimum atomic E-state index is -3.91. The Kier molecular flexibility index (Phi) is 6.82. The summed E-state index contributed by atoms with van der Waals surface area (Å²) >= 11 is 2.96. The molecule has 2 N–H and O–H groups in total. The Morgan fingerprint density at radius 3 is 2.53 bits per heavy atom. The molecule has 0 saturated heterocycles. The number of alkyl halides is 2. The SMILES string of the molecule is CCOC(=O)C(F)(F)[C@H](N)c1cc(F)cc(Br)c1.Cl. The van der Waals surface area contributed by atoms with Crippen LogP contribution in [0.1, 0.15) is 18.5 Å². The molecule has 0 bridgehead atoms. The van der Waals surface area contributed by atoms with Crippen LogP contribution in [0.15, 0.2) is 22.7 Å². The molecule has 0 aromatic heterocycles. The third kappa shape index (κ3) is 4.36. The van der Waals surface area contributed by atoms with Gasteiger partial charge in [0.25, 0.3) is 0 Å².